The van der Waals surface area contributed by atoms with E-state index in [0.717, 1.165) is 25.2 Å². The minimum atomic E-state index is 0.664. The molecule has 1 saturated carbocycles. The maximum atomic E-state index is 5.45. The van der Waals surface area contributed by atoms with Gasteiger partial charge in [0.2, 0.25) is 0 Å². The quantitative estimate of drug-likeness (QED) is 0.640. The van der Waals surface area contributed by atoms with Crippen LogP contribution in [0, 0.1) is 0 Å². The Bertz CT molecular complexity index is 221. The number of nitrogens with zero attached hydrogens (tertiary/aromatic N) is 1. The molecule has 100 valence electrons. The lowest BCUT2D eigenvalue weighted by Gasteiger charge is -2.19. The molecule has 0 spiro atoms. The van der Waals surface area contributed by atoms with Gasteiger partial charge in [0.1, 0.15) is 0 Å². The molecule has 2 fully saturated rings. The van der Waals surface area contributed by atoms with Crippen molar-refractivity contribution in [2.24, 2.45) is 0 Å². The third-order valence-corrected chi connectivity index (χ3v) is 3.75. The summed E-state index contributed by atoms with van der Waals surface area (Å²) in [6, 6.07) is 2.32. The van der Waals surface area contributed by atoms with Gasteiger partial charge in [-0.2, -0.15) is 0 Å². The lowest BCUT2D eigenvalue weighted by atomic mass is 10.2. The third kappa shape index (κ3) is 4.21. The van der Waals surface area contributed by atoms with Crippen LogP contribution in [0.5, 0.6) is 0 Å². The van der Waals surface area contributed by atoms with Crippen molar-refractivity contribution in [3.63, 3.8) is 0 Å². The molecule has 1 aliphatic heterocycles. The minimum absolute atomic E-state index is 0.664. The smallest absolute Gasteiger partial charge is 0.0700 e. The fourth-order valence-corrected chi connectivity index (χ4v) is 2.70. The Morgan fingerprint density at radius 1 is 1.24 bits per heavy atom. The number of nitrogens with one attached hydrogen (secondary N) is 1. The summed E-state index contributed by atoms with van der Waals surface area (Å²) in [6.45, 7) is 6.72. The van der Waals surface area contributed by atoms with Crippen molar-refractivity contribution < 1.29 is 9.47 Å². The molecule has 0 aromatic rings. The number of hydrogen-bond donors (Lipinski definition) is 1. The molecule has 2 atom stereocenters. The van der Waals surface area contributed by atoms with Gasteiger partial charge in [0.05, 0.1) is 19.8 Å². The van der Waals surface area contributed by atoms with Crippen molar-refractivity contribution in [1.82, 2.24) is 10.2 Å². The van der Waals surface area contributed by atoms with E-state index in [4.69, 9.17) is 9.47 Å². The molecule has 17 heavy (non-hydrogen) atoms. The van der Waals surface area contributed by atoms with Crippen LogP contribution in [0.1, 0.15) is 26.2 Å². The summed E-state index contributed by atoms with van der Waals surface area (Å²) in [7, 11) is 1.70. The summed E-state index contributed by atoms with van der Waals surface area (Å²) in [5.41, 5.74) is 0. The highest BCUT2D eigenvalue weighted by Crippen LogP contribution is 2.33. The largest absolute Gasteiger partial charge is 0.382 e. The Morgan fingerprint density at radius 3 is 2.76 bits per heavy atom. The van der Waals surface area contributed by atoms with Gasteiger partial charge in [-0.1, -0.05) is 0 Å². The number of rotatable bonds is 8. The van der Waals surface area contributed by atoms with Crippen molar-refractivity contribution in [2.45, 2.75) is 44.3 Å². The average Bonchev–Trinajstić information content (AvgIpc) is 3.08. The third-order valence-electron chi connectivity index (χ3n) is 3.75. The molecule has 2 aliphatic rings. The van der Waals surface area contributed by atoms with E-state index in [2.05, 4.69) is 17.1 Å². The van der Waals surface area contributed by atoms with Crippen LogP contribution in [0.4, 0.5) is 0 Å². The van der Waals surface area contributed by atoms with E-state index in [0.29, 0.717) is 19.3 Å². The molecule has 1 aliphatic carbocycles. The van der Waals surface area contributed by atoms with E-state index < -0.39 is 0 Å². The fourth-order valence-electron chi connectivity index (χ4n) is 2.70. The summed E-state index contributed by atoms with van der Waals surface area (Å²) < 4.78 is 10.4. The Labute approximate surface area is 105 Å². The Hall–Kier alpha value is -0.160. The zero-order chi connectivity index (χ0) is 12.1. The summed E-state index contributed by atoms with van der Waals surface area (Å²) in [5.74, 6) is 0. The van der Waals surface area contributed by atoms with Crippen molar-refractivity contribution in [1.29, 1.82) is 0 Å². The lowest BCUT2D eigenvalue weighted by molar-refractivity contribution is 0.0711. The van der Waals surface area contributed by atoms with Crippen LogP contribution in [0.15, 0.2) is 0 Å². The highest BCUT2D eigenvalue weighted by Gasteiger charge is 2.38. The normalized spacial score (nSPS) is 30.0. The minimum Gasteiger partial charge on any atom is -0.382 e. The zero-order valence-electron chi connectivity index (χ0n) is 11.2. The number of methoxy groups -OCH3 is 1. The van der Waals surface area contributed by atoms with E-state index in [-0.39, 0.29) is 0 Å². The van der Waals surface area contributed by atoms with Crippen molar-refractivity contribution in [3.8, 4) is 0 Å². The molecule has 4 heteroatoms. The van der Waals surface area contributed by atoms with Crippen molar-refractivity contribution >= 4 is 0 Å². The van der Waals surface area contributed by atoms with Crippen LogP contribution < -0.4 is 5.32 Å². The van der Waals surface area contributed by atoms with Gasteiger partial charge in [0.25, 0.3) is 0 Å². The van der Waals surface area contributed by atoms with E-state index in [1.165, 1.54) is 25.8 Å². The molecular formula is C13H26N2O2. The lowest BCUT2D eigenvalue weighted by Crippen LogP contribution is -2.35. The summed E-state index contributed by atoms with van der Waals surface area (Å²) in [6.07, 6.45) is 4.11. The zero-order valence-corrected chi connectivity index (χ0v) is 11.2. The summed E-state index contributed by atoms with van der Waals surface area (Å²) >= 11 is 0. The van der Waals surface area contributed by atoms with Gasteiger partial charge >= 0.3 is 0 Å². The Kier molecular flexibility index (Phi) is 5.22. The van der Waals surface area contributed by atoms with E-state index >= 15 is 0 Å². The molecule has 0 radical (unpaired) electrons. The maximum absolute atomic E-state index is 5.45. The van der Waals surface area contributed by atoms with Gasteiger partial charge in [-0.3, -0.25) is 4.90 Å². The van der Waals surface area contributed by atoms with Crippen molar-refractivity contribution in [2.75, 3.05) is 40.0 Å². The first-order chi connectivity index (χ1) is 8.31. The van der Waals surface area contributed by atoms with E-state index in [1.807, 2.05) is 0 Å². The first-order valence-electron chi connectivity index (χ1n) is 6.87. The van der Waals surface area contributed by atoms with Crippen LogP contribution in [0.25, 0.3) is 0 Å². The predicted octanol–water partition coefficient (Wildman–Crippen LogP) is 0.864. The van der Waals surface area contributed by atoms with Crippen LogP contribution in [0.3, 0.4) is 0 Å². The van der Waals surface area contributed by atoms with Gasteiger partial charge in [0.15, 0.2) is 0 Å². The van der Waals surface area contributed by atoms with Crippen LogP contribution >= 0.6 is 0 Å². The summed E-state index contributed by atoms with van der Waals surface area (Å²) in [4.78, 5) is 2.67. The number of ether oxygens (including phenoxy) is 2. The van der Waals surface area contributed by atoms with Crippen LogP contribution in [0.2, 0.25) is 0 Å². The second-order valence-corrected chi connectivity index (χ2v) is 5.27. The first-order valence-corrected chi connectivity index (χ1v) is 6.87. The molecule has 1 heterocycles. The average molecular weight is 242 g/mol. The number of likely N-dealkylation sites (tertiary alicyclic amines) is 1. The fraction of sp³-hybridized carbons (Fsp3) is 1.00. The second kappa shape index (κ2) is 6.69. The molecular weight excluding hydrogens is 216 g/mol. The Morgan fingerprint density at radius 2 is 2.06 bits per heavy atom. The van der Waals surface area contributed by atoms with E-state index in [1.54, 1.807) is 7.11 Å². The molecule has 1 N–H and O–H groups in total. The molecule has 2 rings (SSSR count). The summed E-state index contributed by atoms with van der Waals surface area (Å²) in [5, 5.41) is 3.59. The van der Waals surface area contributed by atoms with Crippen LogP contribution in [-0.2, 0) is 9.47 Å². The van der Waals surface area contributed by atoms with Gasteiger partial charge in [-0.15, -0.1) is 0 Å². The molecule has 0 bridgehead atoms. The maximum Gasteiger partial charge on any atom is 0.0700 e. The first kappa shape index (κ1) is 13.3. The molecule has 0 aromatic heterocycles. The Balaban J connectivity index is 1.52. The van der Waals surface area contributed by atoms with Crippen molar-refractivity contribution in [3.05, 3.63) is 0 Å². The highest BCUT2D eigenvalue weighted by atomic mass is 16.5. The molecule has 0 aromatic carbocycles. The topological polar surface area (TPSA) is 33.7 Å². The molecule has 1 saturated heterocycles. The van der Waals surface area contributed by atoms with Gasteiger partial charge in [-0.25, -0.2) is 0 Å². The van der Waals surface area contributed by atoms with Crippen LogP contribution in [-0.4, -0.2) is 63.0 Å². The second-order valence-electron chi connectivity index (χ2n) is 5.27. The molecule has 4 nitrogen and oxygen atoms in total. The van der Waals surface area contributed by atoms with Gasteiger partial charge in [-0.05, 0) is 26.2 Å². The van der Waals surface area contributed by atoms with Gasteiger partial charge in [0, 0.05) is 38.3 Å². The number of hydrogen-bond acceptors (Lipinski definition) is 4. The van der Waals surface area contributed by atoms with Gasteiger partial charge < -0.3 is 14.8 Å². The highest BCUT2D eigenvalue weighted by molar-refractivity contribution is 4.95. The van der Waals surface area contributed by atoms with E-state index in [9.17, 15) is 0 Å². The molecule has 2 unspecified atom stereocenters. The standard InChI is InChI=1S/C13H26N2O2/c1-11-9-12(10-15(11)13-3-4-13)14-5-6-17-8-7-16-2/h11-14H,3-10H2,1-2H3. The SMILES string of the molecule is COCCOCCNC1CC(C)N(C2CC2)C1. The predicted molar refractivity (Wildman–Crippen MR) is 68.3 cm³/mol. The monoisotopic (exact) mass is 242 g/mol. The molecule has 0 amide bonds.